The van der Waals surface area contributed by atoms with E-state index in [1.165, 1.54) is 25.4 Å². The van der Waals surface area contributed by atoms with Gasteiger partial charge < -0.3 is 26.2 Å². The van der Waals surface area contributed by atoms with Gasteiger partial charge >= 0.3 is 6.03 Å². The van der Waals surface area contributed by atoms with E-state index in [2.05, 4.69) is 32.8 Å². The van der Waals surface area contributed by atoms with Crippen LogP contribution in [0.1, 0.15) is 99.8 Å². The maximum absolute atomic E-state index is 14.9. The van der Waals surface area contributed by atoms with Gasteiger partial charge in [0.2, 0.25) is 17.6 Å². The SMILES string of the molecule is C=CCNC(=O)C(=O)C(CCC)NC(=O)[C@@H]1[C@@H](C(C)C)CCN1C(=O)[C@@H](NC(=O)N[C@H](CN(C)S(=O)(=O)c1ccccn1)C(C)(C)C)C1(C)CCCCC1. The Kier molecular flexibility index (Phi) is 15.8. The summed E-state index contributed by atoms with van der Waals surface area (Å²) in [6.07, 6.45) is 8.31. The molecule has 1 aromatic heterocycles. The van der Waals surface area contributed by atoms with Crippen LogP contribution in [0.15, 0.2) is 42.1 Å². The highest BCUT2D eigenvalue weighted by atomic mass is 32.2. The Morgan fingerprint density at radius 3 is 2.30 bits per heavy atom. The van der Waals surface area contributed by atoms with Crippen LogP contribution in [0.2, 0.25) is 0 Å². The predicted octanol–water partition coefficient (Wildman–Crippen LogP) is 3.78. The van der Waals surface area contributed by atoms with Crippen LogP contribution in [-0.2, 0) is 29.2 Å². The Balaban J connectivity index is 1.92. The summed E-state index contributed by atoms with van der Waals surface area (Å²) in [7, 11) is -2.52. The molecule has 1 unspecified atom stereocenters. The Bertz CT molecular complexity index is 1590. The molecule has 2 fully saturated rings. The number of sulfonamides is 1. The van der Waals surface area contributed by atoms with Crippen LogP contribution in [0.3, 0.4) is 0 Å². The fourth-order valence-electron chi connectivity index (χ4n) is 7.55. The van der Waals surface area contributed by atoms with Crippen LogP contribution in [0, 0.1) is 22.7 Å². The summed E-state index contributed by atoms with van der Waals surface area (Å²) in [6, 6.07) is 0.366. The first-order valence-electron chi connectivity index (χ1n) is 19.3. The fraction of sp³-hybridized carbons (Fsp3) is 0.692. The number of amides is 5. The summed E-state index contributed by atoms with van der Waals surface area (Å²) in [5.74, 6) is -2.69. The number of carbonyl (C=O) groups excluding carboxylic acids is 5. The van der Waals surface area contributed by atoms with Gasteiger partial charge in [0, 0.05) is 38.9 Å². The second-order valence-electron chi connectivity index (χ2n) is 16.5. The minimum atomic E-state index is -3.95. The molecule has 5 atom stereocenters. The third-order valence-electron chi connectivity index (χ3n) is 11.0. The molecular weight excluding hydrogens is 711 g/mol. The largest absolute Gasteiger partial charge is 0.346 e. The zero-order chi connectivity index (χ0) is 40.4. The zero-order valence-corrected chi connectivity index (χ0v) is 34.3. The maximum atomic E-state index is 14.9. The topological polar surface area (TPSA) is 187 Å². The molecule has 1 aliphatic heterocycles. The summed E-state index contributed by atoms with van der Waals surface area (Å²) in [5, 5.41) is 11.2. The minimum absolute atomic E-state index is 0.0154. The smallest absolute Gasteiger partial charge is 0.315 e. The van der Waals surface area contributed by atoms with Gasteiger partial charge in [-0.05, 0) is 60.5 Å². The van der Waals surface area contributed by atoms with Gasteiger partial charge in [0.05, 0.1) is 6.04 Å². The number of aromatic nitrogens is 1. The number of hydrogen-bond acceptors (Lipinski definition) is 8. The van der Waals surface area contributed by atoms with E-state index in [9.17, 15) is 32.4 Å². The maximum Gasteiger partial charge on any atom is 0.315 e. The molecule has 14 nitrogen and oxygen atoms in total. The molecule has 0 spiro atoms. The molecule has 15 heteroatoms. The fourth-order valence-corrected chi connectivity index (χ4v) is 8.66. The number of nitrogens with zero attached hydrogens (tertiary/aromatic N) is 3. The van der Waals surface area contributed by atoms with Crippen molar-refractivity contribution in [1.29, 1.82) is 0 Å². The van der Waals surface area contributed by atoms with E-state index in [1.807, 2.05) is 48.5 Å². The number of hydrogen-bond donors (Lipinski definition) is 4. The van der Waals surface area contributed by atoms with E-state index in [0.717, 1.165) is 23.6 Å². The minimum Gasteiger partial charge on any atom is -0.346 e. The molecular formula is C39H63N7O7S. The van der Waals surface area contributed by atoms with Crippen molar-refractivity contribution in [3.63, 3.8) is 0 Å². The number of urea groups is 1. The Morgan fingerprint density at radius 2 is 1.74 bits per heavy atom. The van der Waals surface area contributed by atoms with Crippen LogP contribution in [0.25, 0.3) is 0 Å². The van der Waals surface area contributed by atoms with Crippen LogP contribution >= 0.6 is 0 Å². The molecule has 54 heavy (non-hydrogen) atoms. The molecule has 0 aromatic carbocycles. The quantitative estimate of drug-likeness (QED) is 0.136. The van der Waals surface area contributed by atoms with E-state index in [1.54, 1.807) is 17.0 Å². The first-order chi connectivity index (χ1) is 25.3. The van der Waals surface area contributed by atoms with Gasteiger partial charge in [-0.1, -0.05) is 86.3 Å². The Labute approximate surface area is 322 Å². The molecule has 302 valence electrons. The van der Waals surface area contributed by atoms with Gasteiger partial charge in [-0.25, -0.2) is 18.2 Å². The van der Waals surface area contributed by atoms with E-state index in [4.69, 9.17) is 0 Å². The third-order valence-corrected chi connectivity index (χ3v) is 12.8. The number of likely N-dealkylation sites (tertiary alicyclic amines) is 1. The Hall–Kier alpha value is -3.85. The van der Waals surface area contributed by atoms with Crippen LogP contribution in [0.5, 0.6) is 0 Å². The standard InChI is InChI=1S/C39H63N7O7S/c1-10-17-28(32(47)35(49)41-22-11-2)42-34(48)31-27(26(3)4)19-24-46(31)36(50)33(39(8)20-14-12-15-21-39)44-37(51)43-29(38(5,6)7)25-45(9)54(52,53)30-18-13-16-23-40-30/h11,13,16,18,23,26-29,31,33H,2,10,12,14-15,17,19-22,24-25H2,1,3-9H3,(H,41,49)(H,42,48)(H2,43,44,51)/t27-,28?,29-,31+,33-/m1/s1. The van der Waals surface area contributed by atoms with E-state index in [0.29, 0.717) is 25.7 Å². The van der Waals surface area contributed by atoms with Gasteiger partial charge in [-0.15, -0.1) is 6.58 Å². The highest BCUT2D eigenvalue weighted by Gasteiger charge is 2.50. The van der Waals surface area contributed by atoms with E-state index >= 15 is 0 Å². The van der Waals surface area contributed by atoms with Crippen molar-refractivity contribution in [3.8, 4) is 0 Å². The normalized spacial score (nSPS) is 20.4. The molecule has 2 heterocycles. The summed E-state index contributed by atoms with van der Waals surface area (Å²) in [6.45, 7) is 17.4. The van der Waals surface area contributed by atoms with Crippen molar-refractivity contribution in [2.75, 3.05) is 26.7 Å². The molecule has 0 bridgehead atoms. The van der Waals surface area contributed by atoms with Crippen LogP contribution in [-0.4, -0.2) is 103 Å². The highest BCUT2D eigenvalue weighted by Crippen LogP contribution is 2.41. The predicted molar refractivity (Wildman–Crippen MR) is 207 cm³/mol. The van der Waals surface area contributed by atoms with E-state index < -0.39 is 68.6 Å². The first-order valence-corrected chi connectivity index (χ1v) is 20.7. The molecule has 1 aliphatic carbocycles. The van der Waals surface area contributed by atoms with Crippen molar-refractivity contribution < 1.29 is 32.4 Å². The van der Waals surface area contributed by atoms with Crippen LogP contribution < -0.4 is 21.3 Å². The number of likely N-dealkylation sites (N-methyl/N-ethyl adjacent to an activating group) is 1. The lowest BCUT2D eigenvalue weighted by molar-refractivity contribution is -0.145. The lowest BCUT2D eigenvalue weighted by Gasteiger charge is -2.43. The van der Waals surface area contributed by atoms with Gasteiger partial charge in [0.1, 0.15) is 12.1 Å². The van der Waals surface area contributed by atoms with Gasteiger partial charge in [0.25, 0.3) is 15.9 Å². The number of carbonyl (C=O) groups is 5. The summed E-state index contributed by atoms with van der Waals surface area (Å²) >= 11 is 0. The average molecular weight is 774 g/mol. The number of Topliss-reactive ketones (excluding diaryl/α,β-unsaturated/α-hetero) is 1. The monoisotopic (exact) mass is 773 g/mol. The summed E-state index contributed by atoms with van der Waals surface area (Å²) in [5.41, 5.74) is -1.21. The summed E-state index contributed by atoms with van der Waals surface area (Å²) < 4.78 is 27.8. The van der Waals surface area contributed by atoms with Crippen molar-refractivity contribution >= 4 is 39.6 Å². The first kappa shape index (κ1) is 44.5. The zero-order valence-electron chi connectivity index (χ0n) is 33.4. The number of rotatable bonds is 17. The average Bonchev–Trinajstić information content (AvgIpc) is 3.58. The molecule has 1 saturated heterocycles. The summed E-state index contributed by atoms with van der Waals surface area (Å²) in [4.78, 5) is 74.3. The number of pyridine rings is 1. The molecule has 2 aliphatic rings. The van der Waals surface area contributed by atoms with Crippen molar-refractivity contribution in [1.82, 2.24) is 35.5 Å². The molecule has 1 aromatic rings. The number of ketones is 1. The van der Waals surface area contributed by atoms with Gasteiger partial charge in [-0.3, -0.25) is 19.2 Å². The van der Waals surface area contributed by atoms with Crippen LogP contribution in [0.4, 0.5) is 4.79 Å². The van der Waals surface area contributed by atoms with Gasteiger partial charge in [-0.2, -0.15) is 4.31 Å². The van der Waals surface area contributed by atoms with Crippen molar-refractivity contribution in [2.24, 2.45) is 22.7 Å². The molecule has 3 rings (SSSR count). The molecule has 4 N–H and O–H groups in total. The lowest BCUT2D eigenvalue weighted by Crippen LogP contribution is -2.63. The van der Waals surface area contributed by atoms with Crippen molar-refractivity contribution in [3.05, 3.63) is 37.1 Å². The lowest BCUT2D eigenvalue weighted by atomic mass is 9.70. The second-order valence-corrected chi connectivity index (χ2v) is 18.5. The second kappa shape index (κ2) is 19.1. The Morgan fingerprint density at radius 1 is 1.07 bits per heavy atom. The van der Waals surface area contributed by atoms with Gasteiger partial charge in [0.15, 0.2) is 5.03 Å². The number of nitrogens with one attached hydrogen (secondary N) is 4. The van der Waals surface area contributed by atoms with Crippen molar-refractivity contribution in [2.45, 2.75) is 129 Å². The molecule has 1 saturated carbocycles. The molecule has 5 amide bonds. The highest BCUT2D eigenvalue weighted by molar-refractivity contribution is 7.89. The third kappa shape index (κ3) is 11.1. The molecule has 0 radical (unpaired) electrons. The van der Waals surface area contributed by atoms with E-state index in [-0.39, 0.29) is 48.8 Å².